The number of likely N-dealkylation sites (tertiary alicyclic amines) is 2. The number of aromatic nitrogens is 1. The van der Waals surface area contributed by atoms with E-state index in [0.29, 0.717) is 5.56 Å². The number of hydrogen-bond donors (Lipinski definition) is 2. The number of benzene rings is 1. The Balaban J connectivity index is 0.00000306. The van der Waals surface area contributed by atoms with Crippen molar-refractivity contribution in [1.29, 1.82) is 0 Å². The summed E-state index contributed by atoms with van der Waals surface area (Å²) in [6.07, 6.45) is 6.68. The Hall–Kier alpha value is -2.05. The predicted octanol–water partition coefficient (Wildman–Crippen LogP) is 4.23. The summed E-state index contributed by atoms with van der Waals surface area (Å²) in [5.41, 5.74) is 2.68. The van der Waals surface area contributed by atoms with Crippen molar-refractivity contribution in [3.05, 3.63) is 35.5 Å². The van der Waals surface area contributed by atoms with Crippen LogP contribution in [0.4, 0.5) is 0 Å². The Morgan fingerprint density at radius 2 is 1.64 bits per heavy atom. The monoisotopic (exact) mass is 474 g/mol. The number of hydrogen-bond acceptors (Lipinski definition) is 3. The van der Waals surface area contributed by atoms with E-state index >= 15 is 0 Å². The normalized spacial score (nSPS) is 19.5. The smallest absolute Gasteiger partial charge is 0.252 e. The van der Waals surface area contributed by atoms with Crippen LogP contribution in [-0.2, 0) is 4.79 Å². The second kappa shape index (κ2) is 10.9. The van der Waals surface area contributed by atoms with E-state index in [-0.39, 0.29) is 30.1 Å². The lowest BCUT2D eigenvalue weighted by atomic mass is 9.78. The number of rotatable bonds is 5. The van der Waals surface area contributed by atoms with Gasteiger partial charge in [-0.1, -0.05) is 19.9 Å². The van der Waals surface area contributed by atoms with E-state index in [1.54, 1.807) is 0 Å². The highest BCUT2D eigenvalue weighted by molar-refractivity contribution is 6.00. The van der Waals surface area contributed by atoms with E-state index in [9.17, 15) is 9.59 Å². The van der Waals surface area contributed by atoms with Crippen LogP contribution in [0.3, 0.4) is 0 Å². The van der Waals surface area contributed by atoms with Crippen molar-refractivity contribution in [3.63, 3.8) is 0 Å². The molecule has 0 aliphatic carbocycles. The van der Waals surface area contributed by atoms with Gasteiger partial charge >= 0.3 is 0 Å². The molecule has 33 heavy (non-hydrogen) atoms. The van der Waals surface area contributed by atoms with Crippen molar-refractivity contribution >= 4 is 35.1 Å². The van der Waals surface area contributed by atoms with Crippen LogP contribution in [0.5, 0.6) is 0 Å². The van der Waals surface area contributed by atoms with Crippen LogP contribution in [-0.4, -0.2) is 65.9 Å². The lowest BCUT2D eigenvalue weighted by Crippen LogP contribution is -2.53. The first-order valence-corrected chi connectivity index (χ1v) is 12.2. The quantitative estimate of drug-likeness (QED) is 0.681. The molecule has 7 heteroatoms. The van der Waals surface area contributed by atoms with Gasteiger partial charge in [-0.2, -0.15) is 0 Å². The van der Waals surface area contributed by atoms with Gasteiger partial charge in [0.25, 0.3) is 5.91 Å². The van der Waals surface area contributed by atoms with Crippen molar-refractivity contribution in [2.24, 2.45) is 17.8 Å². The summed E-state index contributed by atoms with van der Waals surface area (Å²) in [6, 6.07) is 5.18. The molecule has 1 atom stereocenters. The number of carbonyl (C=O) groups excluding carboxylic acids is 2. The highest BCUT2D eigenvalue weighted by Crippen LogP contribution is 2.32. The van der Waals surface area contributed by atoms with E-state index in [1.807, 2.05) is 50.1 Å². The third-order valence-electron chi connectivity index (χ3n) is 7.65. The Labute approximate surface area is 203 Å². The van der Waals surface area contributed by atoms with Gasteiger partial charge in [0.1, 0.15) is 6.04 Å². The van der Waals surface area contributed by atoms with Gasteiger partial charge in [-0.05, 0) is 88.2 Å². The standard InChI is InChI=1S/C26H38N4O2.ClH/c1-17(2)24(28-25(31)21-5-6-22-18(3)16-27-23(22)15-21)26(32)30-13-9-20(10-14-30)19-7-11-29(4)12-8-19;/h5-6,15-17,19-20,24,27H,7-14H2,1-4H3,(H,28,31);1H/t24-;/m1./s1. The SMILES string of the molecule is Cc1c[nH]c2cc(C(=O)N[C@@H](C(=O)N3CCC(C4CCN(C)CC4)CC3)C(C)C)ccc12.Cl. The molecule has 2 aliphatic heterocycles. The molecule has 2 N–H and O–H groups in total. The van der Waals surface area contributed by atoms with Crippen LogP contribution in [0, 0.1) is 24.7 Å². The molecular formula is C26H39ClN4O2. The second-order valence-electron chi connectivity index (χ2n) is 10.2. The second-order valence-corrected chi connectivity index (χ2v) is 10.2. The summed E-state index contributed by atoms with van der Waals surface area (Å²) in [4.78, 5) is 33.9. The molecule has 0 saturated carbocycles. The van der Waals surface area contributed by atoms with Crippen LogP contribution in [0.25, 0.3) is 10.9 Å². The fraction of sp³-hybridized carbons (Fsp3) is 0.615. The van der Waals surface area contributed by atoms with Gasteiger partial charge in [0.05, 0.1) is 0 Å². The maximum Gasteiger partial charge on any atom is 0.252 e. The van der Waals surface area contributed by atoms with Crippen molar-refractivity contribution < 1.29 is 9.59 Å². The van der Waals surface area contributed by atoms with E-state index in [0.717, 1.165) is 54.2 Å². The number of amides is 2. The summed E-state index contributed by atoms with van der Waals surface area (Å²) in [7, 11) is 2.20. The number of halogens is 1. The Morgan fingerprint density at radius 3 is 2.24 bits per heavy atom. The molecule has 6 nitrogen and oxygen atoms in total. The first-order valence-electron chi connectivity index (χ1n) is 12.2. The van der Waals surface area contributed by atoms with Gasteiger partial charge in [0.15, 0.2) is 0 Å². The number of aromatic amines is 1. The van der Waals surface area contributed by atoms with Crippen molar-refractivity contribution in [3.8, 4) is 0 Å². The van der Waals surface area contributed by atoms with Gasteiger partial charge in [0.2, 0.25) is 5.91 Å². The summed E-state index contributed by atoms with van der Waals surface area (Å²) >= 11 is 0. The fourth-order valence-electron chi connectivity index (χ4n) is 5.44. The number of carbonyl (C=O) groups is 2. The lowest BCUT2D eigenvalue weighted by molar-refractivity contribution is -0.136. The molecule has 2 aromatic rings. The molecule has 0 unspecified atom stereocenters. The molecule has 2 fully saturated rings. The first kappa shape index (κ1) is 25.6. The number of piperidine rings is 2. The van der Waals surface area contributed by atoms with Gasteiger partial charge in [-0.15, -0.1) is 12.4 Å². The van der Waals surface area contributed by atoms with Crippen LogP contribution >= 0.6 is 12.4 Å². The highest BCUT2D eigenvalue weighted by Gasteiger charge is 2.34. The molecule has 182 valence electrons. The summed E-state index contributed by atoms with van der Waals surface area (Å²) in [5.74, 6) is 1.44. The number of aryl methyl sites for hydroxylation is 1. The van der Waals surface area contributed by atoms with Crippen LogP contribution < -0.4 is 5.32 Å². The summed E-state index contributed by atoms with van der Waals surface area (Å²) < 4.78 is 0. The van der Waals surface area contributed by atoms with E-state index < -0.39 is 6.04 Å². The van der Waals surface area contributed by atoms with Gasteiger partial charge in [0, 0.05) is 35.8 Å². The highest BCUT2D eigenvalue weighted by atomic mass is 35.5. The van der Waals surface area contributed by atoms with Crippen molar-refractivity contribution in [2.75, 3.05) is 33.2 Å². The average Bonchev–Trinajstić information content (AvgIpc) is 3.17. The molecule has 0 bridgehead atoms. The van der Waals surface area contributed by atoms with E-state index in [2.05, 4.69) is 22.2 Å². The van der Waals surface area contributed by atoms with E-state index in [1.165, 1.54) is 25.9 Å². The zero-order valence-electron chi connectivity index (χ0n) is 20.4. The largest absolute Gasteiger partial charge is 0.361 e. The van der Waals surface area contributed by atoms with Crippen molar-refractivity contribution in [1.82, 2.24) is 20.1 Å². The third kappa shape index (κ3) is 5.72. The van der Waals surface area contributed by atoms with Crippen molar-refractivity contribution in [2.45, 2.75) is 52.5 Å². The van der Waals surface area contributed by atoms with Crippen LogP contribution in [0.2, 0.25) is 0 Å². The lowest BCUT2D eigenvalue weighted by Gasteiger charge is -2.40. The molecule has 0 spiro atoms. The minimum atomic E-state index is -0.497. The molecule has 3 heterocycles. The number of nitrogens with one attached hydrogen (secondary N) is 2. The summed E-state index contributed by atoms with van der Waals surface area (Å²) in [6.45, 7) is 10.1. The van der Waals surface area contributed by atoms with Gasteiger partial charge in [-0.25, -0.2) is 0 Å². The number of nitrogens with zero attached hydrogens (tertiary/aromatic N) is 2. The Morgan fingerprint density at radius 1 is 1.03 bits per heavy atom. The number of H-pyrrole nitrogens is 1. The third-order valence-corrected chi connectivity index (χ3v) is 7.65. The molecule has 2 amide bonds. The molecule has 1 aromatic heterocycles. The van der Waals surface area contributed by atoms with Gasteiger partial charge < -0.3 is 20.1 Å². The zero-order chi connectivity index (χ0) is 22.8. The molecule has 2 aliphatic rings. The fourth-order valence-corrected chi connectivity index (χ4v) is 5.44. The molecule has 2 saturated heterocycles. The van der Waals surface area contributed by atoms with Gasteiger partial charge in [-0.3, -0.25) is 9.59 Å². The molecular weight excluding hydrogens is 436 g/mol. The van der Waals surface area contributed by atoms with Crippen LogP contribution in [0.1, 0.15) is 55.5 Å². The Bertz CT molecular complexity index is 956. The predicted molar refractivity (Wildman–Crippen MR) is 136 cm³/mol. The molecule has 1 aromatic carbocycles. The summed E-state index contributed by atoms with van der Waals surface area (Å²) in [5, 5.41) is 4.15. The molecule has 4 rings (SSSR count). The molecule has 0 radical (unpaired) electrons. The van der Waals surface area contributed by atoms with Crippen LogP contribution in [0.15, 0.2) is 24.4 Å². The maximum absolute atomic E-state index is 13.3. The minimum Gasteiger partial charge on any atom is -0.361 e. The van der Waals surface area contributed by atoms with E-state index in [4.69, 9.17) is 0 Å². The number of fused-ring (bicyclic) bond motifs is 1. The first-order chi connectivity index (χ1) is 15.3. The zero-order valence-corrected chi connectivity index (χ0v) is 21.2. The maximum atomic E-state index is 13.3. The minimum absolute atomic E-state index is 0. The Kier molecular flexibility index (Phi) is 8.46. The topological polar surface area (TPSA) is 68.4 Å². The average molecular weight is 475 g/mol.